The van der Waals surface area contributed by atoms with E-state index in [4.69, 9.17) is 20.4 Å². The number of fused-ring (bicyclic) bond motifs is 1. The van der Waals surface area contributed by atoms with Gasteiger partial charge in [-0.3, -0.25) is 0 Å². The number of nitrogens with two attached hydrogens (primary N) is 1. The number of rotatable bonds is 5. The number of anilines is 3. The summed E-state index contributed by atoms with van der Waals surface area (Å²) in [5.41, 5.74) is 8.92. The Balaban J connectivity index is 1.45. The van der Waals surface area contributed by atoms with Crippen molar-refractivity contribution in [2.24, 2.45) is 0 Å². The molecule has 0 aliphatic carbocycles. The minimum absolute atomic E-state index is 0.327. The highest BCUT2D eigenvalue weighted by Crippen LogP contribution is 2.37. The van der Waals surface area contributed by atoms with Crippen LogP contribution in [0.1, 0.15) is 0 Å². The monoisotopic (exact) mass is 496 g/mol. The Hall–Kier alpha value is -4.73. The van der Waals surface area contributed by atoms with Gasteiger partial charge in [-0.1, -0.05) is 24.3 Å². The Morgan fingerprint density at radius 1 is 0.892 bits per heavy atom. The van der Waals surface area contributed by atoms with Crippen LogP contribution in [0.25, 0.3) is 28.0 Å². The molecule has 3 aromatic heterocycles. The fraction of sp³-hybridized carbons (Fsp3) is 0.185. The molecule has 10 heteroatoms. The van der Waals surface area contributed by atoms with Crippen LogP contribution in [0.3, 0.4) is 0 Å². The molecule has 37 heavy (non-hydrogen) atoms. The number of benzene rings is 2. The smallest absolute Gasteiger partial charge is 0.228 e. The van der Waals surface area contributed by atoms with Crippen molar-refractivity contribution in [1.82, 2.24) is 24.7 Å². The second-order valence-electron chi connectivity index (χ2n) is 8.71. The summed E-state index contributed by atoms with van der Waals surface area (Å²) in [6.45, 7) is 2.99. The van der Waals surface area contributed by atoms with Crippen LogP contribution in [0.2, 0.25) is 0 Å². The van der Waals surface area contributed by atoms with Crippen LogP contribution in [0.15, 0.2) is 72.9 Å². The van der Waals surface area contributed by atoms with E-state index in [1.54, 1.807) is 25.4 Å². The lowest BCUT2D eigenvalue weighted by Crippen LogP contribution is -2.47. The van der Waals surface area contributed by atoms with E-state index in [-0.39, 0.29) is 5.82 Å². The molecule has 9 nitrogen and oxygen atoms in total. The molecule has 1 saturated heterocycles. The lowest BCUT2D eigenvalue weighted by Gasteiger charge is -2.35. The SMILES string of the molecule is COc1ccccc1-c1nc(N2CCN(c3ccccn3)CC2)nc2nn(-c3cccc(F)c3)c(N)c12. The van der Waals surface area contributed by atoms with Gasteiger partial charge in [-0.25, -0.2) is 19.0 Å². The molecule has 0 radical (unpaired) electrons. The maximum absolute atomic E-state index is 14.0. The van der Waals surface area contributed by atoms with Gasteiger partial charge in [0.05, 0.1) is 23.9 Å². The van der Waals surface area contributed by atoms with Crippen molar-refractivity contribution in [3.8, 4) is 22.7 Å². The third kappa shape index (κ3) is 4.16. The third-order valence-electron chi connectivity index (χ3n) is 6.51. The minimum Gasteiger partial charge on any atom is -0.496 e. The molecule has 4 heterocycles. The third-order valence-corrected chi connectivity index (χ3v) is 6.51. The van der Waals surface area contributed by atoms with E-state index < -0.39 is 0 Å². The molecule has 1 fully saturated rings. The average Bonchev–Trinajstić information content (AvgIpc) is 3.29. The van der Waals surface area contributed by atoms with Crippen molar-refractivity contribution in [2.45, 2.75) is 0 Å². The van der Waals surface area contributed by atoms with E-state index in [0.29, 0.717) is 53.0 Å². The van der Waals surface area contributed by atoms with Gasteiger partial charge >= 0.3 is 0 Å². The maximum Gasteiger partial charge on any atom is 0.228 e. The number of piperazine rings is 1. The summed E-state index contributed by atoms with van der Waals surface area (Å²) in [6, 6.07) is 19.7. The van der Waals surface area contributed by atoms with Crippen molar-refractivity contribution in [2.75, 3.05) is 48.8 Å². The highest BCUT2D eigenvalue weighted by Gasteiger charge is 2.25. The van der Waals surface area contributed by atoms with Crippen LogP contribution in [-0.4, -0.2) is 58.0 Å². The van der Waals surface area contributed by atoms with Crippen molar-refractivity contribution >= 4 is 28.6 Å². The van der Waals surface area contributed by atoms with E-state index >= 15 is 0 Å². The first-order valence-electron chi connectivity index (χ1n) is 12.0. The number of nitrogens with zero attached hydrogens (tertiary/aromatic N) is 7. The van der Waals surface area contributed by atoms with E-state index in [9.17, 15) is 4.39 Å². The van der Waals surface area contributed by atoms with Crippen LogP contribution in [-0.2, 0) is 0 Å². The quantitative estimate of drug-likeness (QED) is 0.391. The molecule has 0 atom stereocenters. The number of para-hydroxylation sites is 1. The number of aromatic nitrogens is 5. The summed E-state index contributed by atoms with van der Waals surface area (Å²) >= 11 is 0. The largest absolute Gasteiger partial charge is 0.496 e. The minimum atomic E-state index is -0.376. The Bertz CT molecular complexity index is 1560. The Kier molecular flexibility index (Phi) is 5.76. The second-order valence-corrected chi connectivity index (χ2v) is 8.71. The van der Waals surface area contributed by atoms with Crippen LogP contribution < -0.4 is 20.3 Å². The second kappa shape index (κ2) is 9.38. The van der Waals surface area contributed by atoms with Crippen molar-refractivity contribution in [3.63, 3.8) is 0 Å². The van der Waals surface area contributed by atoms with Gasteiger partial charge in [0.2, 0.25) is 5.95 Å². The normalized spacial score (nSPS) is 13.8. The molecule has 6 rings (SSSR count). The fourth-order valence-electron chi connectivity index (χ4n) is 4.66. The van der Waals surface area contributed by atoms with E-state index in [1.807, 2.05) is 42.5 Å². The number of ether oxygens (including phenoxy) is 1. The van der Waals surface area contributed by atoms with E-state index in [2.05, 4.69) is 19.9 Å². The van der Waals surface area contributed by atoms with Gasteiger partial charge in [0.25, 0.3) is 0 Å². The van der Waals surface area contributed by atoms with Crippen molar-refractivity contribution in [1.29, 1.82) is 0 Å². The van der Waals surface area contributed by atoms with Gasteiger partial charge in [0, 0.05) is 37.9 Å². The predicted octanol–water partition coefficient (Wildman–Crippen LogP) is 3.93. The Labute approximate surface area is 213 Å². The van der Waals surface area contributed by atoms with Gasteiger partial charge in [-0.2, -0.15) is 4.98 Å². The zero-order chi connectivity index (χ0) is 25.4. The molecule has 0 saturated carbocycles. The summed E-state index contributed by atoms with van der Waals surface area (Å²) in [6.07, 6.45) is 1.80. The van der Waals surface area contributed by atoms with Crippen LogP contribution in [0.5, 0.6) is 5.75 Å². The molecule has 186 valence electrons. The molecule has 1 aliphatic heterocycles. The number of methoxy groups -OCH3 is 1. The van der Waals surface area contributed by atoms with Gasteiger partial charge in [0.15, 0.2) is 5.65 Å². The number of halogens is 1. The van der Waals surface area contributed by atoms with Crippen molar-refractivity contribution in [3.05, 3.63) is 78.7 Å². The molecule has 2 N–H and O–H groups in total. The van der Waals surface area contributed by atoms with Gasteiger partial charge in [0.1, 0.15) is 23.2 Å². The molecule has 0 unspecified atom stereocenters. The summed E-state index contributed by atoms with van der Waals surface area (Å²) in [5, 5.41) is 5.26. The number of hydrogen-bond donors (Lipinski definition) is 1. The van der Waals surface area contributed by atoms with E-state index in [0.717, 1.165) is 24.5 Å². The van der Waals surface area contributed by atoms with Gasteiger partial charge < -0.3 is 20.3 Å². The van der Waals surface area contributed by atoms with Gasteiger partial charge in [-0.05, 0) is 42.5 Å². The first-order valence-corrected chi connectivity index (χ1v) is 12.0. The zero-order valence-corrected chi connectivity index (χ0v) is 20.3. The predicted molar refractivity (Wildman–Crippen MR) is 142 cm³/mol. The Morgan fingerprint density at radius 3 is 2.43 bits per heavy atom. The highest BCUT2D eigenvalue weighted by molar-refractivity contribution is 6.00. The highest BCUT2D eigenvalue weighted by atomic mass is 19.1. The summed E-state index contributed by atoms with van der Waals surface area (Å²) < 4.78 is 21.1. The number of hydrogen-bond acceptors (Lipinski definition) is 8. The molecule has 0 amide bonds. The lowest BCUT2D eigenvalue weighted by molar-refractivity contribution is 0.416. The summed E-state index contributed by atoms with van der Waals surface area (Å²) in [4.78, 5) is 18.6. The van der Waals surface area contributed by atoms with Gasteiger partial charge in [-0.15, -0.1) is 5.10 Å². The first-order chi connectivity index (χ1) is 18.1. The molecule has 2 aromatic carbocycles. The molecule has 0 bridgehead atoms. The van der Waals surface area contributed by atoms with Crippen LogP contribution in [0, 0.1) is 5.82 Å². The van der Waals surface area contributed by atoms with Crippen LogP contribution >= 0.6 is 0 Å². The summed E-state index contributed by atoms with van der Waals surface area (Å²) in [5.74, 6) is 2.12. The van der Waals surface area contributed by atoms with Crippen LogP contribution in [0.4, 0.5) is 22.0 Å². The topological polar surface area (TPSA) is 98.2 Å². The van der Waals surface area contributed by atoms with Crippen molar-refractivity contribution < 1.29 is 9.13 Å². The Morgan fingerprint density at radius 2 is 1.68 bits per heavy atom. The molecule has 1 aliphatic rings. The summed E-state index contributed by atoms with van der Waals surface area (Å²) in [7, 11) is 1.62. The number of nitrogen functional groups attached to an aromatic ring is 1. The molecule has 5 aromatic rings. The zero-order valence-electron chi connectivity index (χ0n) is 20.3. The standard InChI is InChI=1S/C27H25FN8O/c1-37-21-10-3-2-9-20(21)24-23-25(29)36(19-8-6-7-18(28)17-19)33-26(23)32-27(31-24)35-15-13-34(14-16-35)22-11-4-5-12-30-22/h2-12,17H,13-16,29H2,1H3. The fourth-order valence-corrected chi connectivity index (χ4v) is 4.66. The molecule has 0 spiro atoms. The number of pyridine rings is 1. The molecular formula is C27H25FN8O. The molecular weight excluding hydrogens is 471 g/mol. The average molecular weight is 497 g/mol. The maximum atomic E-state index is 14.0. The first kappa shape index (κ1) is 22.7. The lowest BCUT2D eigenvalue weighted by atomic mass is 10.1. The van der Waals surface area contributed by atoms with E-state index in [1.165, 1.54) is 16.8 Å².